The predicted molar refractivity (Wildman–Crippen MR) is 69.3 cm³/mol. The van der Waals surface area contributed by atoms with E-state index < -0.39 is 16.8 Å². The molecule has 5 nitrogen and oxygen atoms in total. The van der Waals surface area contributed by atoms with Gasteiger partial charge in [-0.05, 0) is 24.3 Å². The Balaban J connectivity index is 2.51. The lowest BCUT2D eigenvalue weighted by molar-refractivity contribution is 0.0696. The van der Waals surface area contributed by atoms with E-state index in [1.807, 2.05) is 6.92 Å². The second-order valence-electron chi connectivity index (χ2n) is 3.57. The third-order valence-corrected chi connectivity index (χ3v) is 3.63. The number of carboxylic acids is 1. The molecule has 0 aromatic heterocycles. The number of hydrogen-bond acceptors (Lipinski definition) is 3. The fraction of sp³-hybridized carbons (Fsp3) is 0.333. The van der Waals surface area contributed by atoms with Gasteiger partial charge in [-0.1, -0.05) is 6.92 Å². The summed E-state index contributed by atoms with van der Waals surface area (Å²) in [6.07, 6.45) is 0. The van der Waals surface area contributed by atoms with Gasteiger partial charge in [0.1, 0.15) is 0 Å². The van der Waals surface area contributed by atoms with Crippen LogP contribution in [-0.2, 0) is 10.8 Å². The molecule has 1 aromatic rings. The van der Waals surface area contributed by atoms with Gasteiger partial charge >= 0.3 is 5.97 Å². The zero-order valence-electron chi connectivity index (χ0n) is 10.0. The highest BCUT2D eigenvalue weighted by molar-refractivity contribution is 7.84. The Morgan fingerprint density at radius 3 is 2.28 bits per heavy atom. The molecule has 1 rings (SSSR count). The molecular formula is C12H15NO4S. The quantitative estimate of drug-likeness (QED) is 0.803. The second-order valence-corrected chi connectivity index (χ2v) is 5.44. The predicted octanol–water partition coefficient (Wildman–Crippen LogP) is 0.883. The third kappa shape index (κ3) is 4.29. The molecule has 0 aliphatic rings. The molecular weight excluding hydrogens is 254 g/mol. The molecule has 98 valence electrons. The number of amides is 1. The maximum atomic E-state index is 11.6. The van der Waals surface area contributed by atoms with Crippen molar-refractivity contribution < 1.29 is 18.9 Å². The minimum absolute atomic E-state index is 0.138. The smallest absolute Gasteiger partial charge is 0.335 e. The van der Waals surface area contributed by atoms with Crippen molar-refractivity contribution in [3.05, 3.63) is 35.4 Å². The summed E-state index contributed by atoms with van der Waals surface area (Å²) in [6, 6.07) is 5.66. The summed E-state index contributed by atoms with van der Waals surface area (Å²) in [5.41, 5.74) is 0.529. The van der Waals surface area contributed by atoms with Crippen molar-refractivity contribution in [3.63, 3.8) is 0 Å². The fourth-order valence-electron chi connectivity index (χ4n) is 1.29. The van der Waals surface area contributed by atoms with E-state index in [0.717, 1.165) is 0 Å². The minimum Gasteiger partial charge on any atom is -0.478 e. The lowest BCUT2D eigenvalue weighted by Crippen LogP contribution is -2.28. The number of benzene rings is 1. The van der Waals surface area contributed by atoms with Crippen molar-refractivity contribution >= 4 is 22.7 Å². The van der Waals surface area contributed by atoms with Gasteiger partial charge in [0, 0.05) is 34.4 Å². The van der Waals surface area contributed by atoms with Crippen LogP contribution >= 0.6 is 0 Å². The highest BCUT2D eigenvalue weighted by Gasteiger charge is 2.07. The molecule has 1 aromatic carbocycles. The molecule has 0 aliphatic carbocycles. The maximum Gasteiger partial charge on any atom is 0.335 e. The maximum absolute atomic E-state index is 11.6. The average Bonchev–Trinajstić information content (AvgIpc) is 2.38. The van der Waals surface area contributed by atoms with Crippen LogP contribution in [0.1, 0.15) is 27.6 Å². The van der Waals surface area contributed by atoms with E-state index >= 15 is 0 Å². The Hall–Kier alpha value is -1.69. The van der Waals surface area contributed by atoms with Crippen LogP contribution < -0.4 is 5.32 Å². The molecule has 1 atom stereocenters. The molecule has 6 heteroatoms. The Kier molecular flexibility index (Phi) is 5.51. The first-order valence-electron chi connectivity index (χ1n) is 5.51. The monoisotopic (exact) mass is 269 g/mol. The lowest BCUT2D eigenvalue weighted by Gasteiger charge is -2.04. The first kappa shape index (κ1) is 14.4. The number of rotatable bonds is 6. The van der Waals surface area contributed by atoms with Crippen LogP contribution in [0, 0.1) is 0 Å². The number of carboxylic acid groups (broad SMARTS) is 1. The molecule has 0 spiro atoms. The van der Waals surface area contributed by atoms with Gasteiger partial charge in [0.25, 0.3) is 5.91 Å². The van der Waals surface area contributed by atoms with E-state index in [4.69, 9.17) is 5.11 Å². The molecule has 0 fully saturated rings. The van der Waals surface area contributed by atoms with Crippen LogP contribution in [0.15, 0.2) is 24.3 Å². The van der Waals surface area contributed by atoms with E-state index in [0.29, 0.717) is 23.6 Å². The van der Waals surface area contributed by atoms with Crippen LogP contribution in [-0.4, -0.2) is 39.2 Å². The largest absolute Gasteiger partial charge is 0.478 e. The standard InChI is InChI=1S/C12H15NO4S/c1-2-18(17)8-7-13-11(14)9-3-5-10(6-4-9)12(15)16/h3-6H,2,7-8H2,1H3,(H,13,14)(H,15,16). The van der Waals surface area contributed by atoms with Crippen molar-refractivity contribution in [2.45, 2.75) is 6.92 Å². The molecule has 0 radical (unpaired) electrons. The highest BCUT2D eigenvalue weighted by Crippen LogP contribution is 2.04. The number of carbonyl (C=O) groups is 2. The third-order valence-electron chi connectivity index (χ3n) is 2.33. The van der Waals surface area contributed by atoms with E-state index in [9.17, 15) is 13.8 Å². The Morgan fingerprint density at radius 1 is 1.22 bits per heavy atom. The Labute approximate surface area is 108 Å². The summed E-state index contributed by atoms with van der Waals surface area (Å²) < 4.78 is 11.1. The van der Waals surface area contributed by atoms with Gasteiger partial charge in [-0.3, -0.25) is 9.00 Å². The van der Waals surface area contributed by atoms with Gasteiger partial charge in [-0.25, -0.2) is 4.79 Å². The number of aromatic carboxylic acids is 1. The second kappa shape index (κ2) is 6.90. The molecule has 0 heterocycles. The van der Waals surface area contributed by atoms with E-state index in [1.165, 1.54) is 24.3 Å². The van der Waals surface area contributed by atoms with Crippen molar-refractivity contribution in [3.8, 4) is 0 Å². The molecule has 18 heavy (non-hydrogen) atoms. The molecule has 2 N–H and O–H groups in total. The summed E-state index contributed by atoms with van der Waals surface area (Å²) in [5, 5.41) is 11.3. The van der Waals surface area contributed by atoms with Gasteiger partial charge in [-0.2, -0.15) is 0 Å². The summed E-state index contributed by atoms with van der Waals surface area (Å²) in [5.74, 6) is -0.320. The van der Waals surface area contributed by atoms with Crippen LogP contribution in [0.4, 0.5) is 0 Å². The highest BCUT2D eigenvalue weighted by atomic mass is 32.2. The minimum atomic E-state index is -1.03. The first-order chi connectivity index (χ1) is 8.54. The molecule has 0 bridgehead atoms. The number of hydrogen-bond donors (Lipinski definition) is 2. The van der Waals surface area contributed by atoms with E-state index in [1.54, 1.807) is 0 Å². The fourth-order valence-corrected chi connectivity index (χ4v) is 1.91. The summed E-state index contributed by atoms with van der Waals surface area (Å²) in [6.45, 7) is 2.17. The van der Waals surface area contributed by atoms with Crippen molar-refractivity contribution in [1.29, 1.82) is 0 Å². The van der Waals surface area contributed by atoms with Crippen LogP contribution in [0.5, 0.6) is 0 Å². The zero-order chi connectivity index (χ0) is 13.5. The van der Waals surface area contributed by atoms with Crippen LogP contribution in [0.2, 0.25) is 0 Å². The van der Waals surface area contributed by atoms with Gasteiger partial charge in [0.2, 0.25) is 0 Å². The molecule has 1 amide bonds. The SMILES string of the molecule is CCS(=O)CCNC(=O)c1ccc(C(=O)O)cc1. The van der Waals surface area contributed by atoms with Crippen molar-refractivity contribution in [1.82, 2.24) is 5.32 Å². The van der Waals surface area contributed by atoms with Crippen molar-refractivity contribution in [2.24, 2.45) is 0 Å². The molecule has 1 unspecified atom stereocenters. The summed E-state index contributed by atoms with van der Waals surface area (Å²) in [7, 11) is -0.902. The molecule has 0 saturated heterocycles. The van der Waals surface area contributed by atoms with Gasteiger partial charge in [-0.15, -0.1) is 0 Å². The topological polar surface area (TPSA) is 83.5 Å². The van der Waals surface area contributed by atoms with Crippen LogP contribution in [0.3, 0.4) is 0 Å². The Morgan fingerprint density at radius 2 is 1.78 bits per heavy atom. The van der Waals surface area contributed by atoms with Crippen LogP contribution in [0.25, 0.3) is 0 Å². The van der Waals surface area contributed by atoms with Gasteiger partial charge < -0.3 is 10.4 Å². The summed E-state index contributed by atoms with van der Waals surface area (Å²) >= 11 is 0. The van der Waals surface area contributed by atoms with Crippen molar-refractivity contribution in [2.75, 3.05) is 18.1 Å². The lowest BCUT2D eigenvalue weighted by atomic mass is 10.1. The molecule has 0 aliphatic heterocycles. The zero-order valence-corrected chi connectivity index (χ0v) is 10.8. The summed E-state index contributed by atoms with van der Waals surface area (Å²) in [4.78, 5) is 22.3. The van der Waals surface area contributed by atoms with Gasteiger partial charge in [0.05, 0.1) is 5.56 Å². The number of nitrogens with one attached hydrogen (secondary N) is 1. The first-order valence-corrected chi connectivity index (χ1v) is 7.00. The average molecular weight is 269 g/mol. The number of carbonyl (C=O) groups excluding carboxylic acids is 1. The molecule has 0 saturated carbocycles. The Bertz CT molecular complexity index is 456. The normalized spacial score (nSPS) is 11.8. The van der Waals surface area contributed by atoms with Gasteiger partial charge in [0.15, 0.2) is 0 Å². The van der Waals surface area contributed by atoms with E-state index in [-0.39, 0.29) is 11.5 Å². The van der Waals surface area contributed by atoms with E-state index in [2.05, 4.69) is 5.32 Å².